The number of fused-ring (bicyclic) bond motifs is 18. The minimum absolute atomic E-state index is 0.856. The van der Waals surface area contributed by atoms with Gasteiger partial charge in [-0.05, 0) is 120 Å². The third kappa shape index (κ3) is 6.44. The van der Waals surface area contributed by atoms with E-state index in [0.29, 0.717) is 0 Å². The van der Waals surface area contributed by atoms with E-state index in [-0.39, 0.29) is 0 Å². The smallest absolute Gasteiger partial charge is 0.159 e. The first kappa shape index (κ1) is 47.2. The van der Waals surface area contributed by atoms with Crippen molar-refractivity contribution in [2.75, 3.05) is 9.80 Å². The van der Waals surface area contributed by atoms with Crippen molar-refractivity contribution in [3.8, 4) is 22.3 Å². The molecule has 6 aromatic heterocycles. The Bertz CT molecular complexity index is 5630. The van der Waals surface area contributed by atoms with E-state index >= 15 is 0 Å². The second-order valence-corrected chi connectivity index (χ2v) is 23.2. The van der Waals surface area contributed by atoms with Gasteiger partial charge in [-0.2, -0.15) is 0 Å². The van der Waals surface area contributed by atoms with E-state index in [4.69, 9.17) is 8.83 Å². The molecule has 0 saturated carbocycles. The van der Waals surface area contributed by atoms with E-state index in [9.17, 15) is 0 Å². The molecule has 6 heterocycles. The van der Waals surface area contributed by atoms with Crippen LogP contribution >= 0.6 is 0 Å². The van der Waals surface area contributed by atoms with Crippen molar-refractivity contribution in [3.63, 3.8) is 0 Å². The van der Waals surface area contributed by atoms with Crippen LogP contribution in [0.15, 0.2) is 276 Å². The molecule has 0 aliphatic carbocycles. The van der Waals surface area contributed by atoms with Crippen molar-refractivity contribution >= 4 is 154 Å². The van der Waals surface area contributed by atoms with Crippen molar-refractivity contribution < 1.29 is 8.83 Å². The molecule has 0 amide bonds. The molecule has 0 unspecified atom stereocenters. The van der Waals surface area contributed by atoms with Gasteiger partial charge in [0.2, 0.25) is 0 Å². The number of hydrogen-bond acceptors (Lipinski definition) is 4. The summed E-state index contributed by atoms with van der Waals surface area (Å²) in [5.41, 5.74) is 23.9. The first-order valence-corrected chi connectivity index (χ1v) is 29.6. The van der Waals surface area contributed by atoms with Gasteiger partial charge in [0.05, 0.1) is 55.8 Å². The minimum Gasteiger partial charge on any atom is -0.454 e. The van der Waals surface area contributed by atoms with Crippen molar-refractivity contribution in [1.82, 2.24) is 8.80 Å². The van der Waals surface area contributed by atoms with E-state index < -0.39 is 0 Å². The van der Waals surface area contributed by atoms with Gasteiger partial charge in [0.15, 0.2) is 11.2 Å². The van der Waals surface area contributed by atoms with Gasteiger partial charge in [-0.25, -0.2) is 0 Å². The second kappa shape index (κ2) is 17.6. The van der Waals surface area contributed by atoms with Crippen molar-refractivity contribution in [1.29, 1.82) is 0 Å². The van der Waals surface area contributed by atoms with Gasteiger partial charge in [0.25, 0.3) is 0 Å². The van der Waals surface area contributed by atoms with Gasteiger partial charge in [-0.3, -0.25) is 0 Å². The fourth-order valence-corrected chi connectivity index (χ4v) is 14.8. The summed E-state index contributed by atoms with van der Waals surface area (Å²) in [6, 6.07) is 97.5. The van der Waals surface area contributed by atoms with E-state index in [1.807, 2.05) is 0 Å². The zero-order chi connectivity index (χ0) is 56.5. The summed E-state index contributed by atoms with van der Waals surface area (Å²) in [6.07, 6.45) is 0. The van der Waals surface area contributed by atoms with Gasteiger partial charge in [0.1, 0.15) is 11.2 Å². The largest absolute Gasteiger partial charge is 0.454 e. The number of hydrogen-bond donors (Lipinski definition) is 0. The summed E-state index contributed by atoms with van der Waals surface area (Å²) in [6.45, 7) is 4.45. The fraction of sp³-hybridized carbons (Fsp3) is 0.0250. The lowest BCUT2D eigenvalue weighted by molar-refractivity contribution is 0.668. The number of anilines is 6. The van der Waals surface area contributed by atoms with E-state index in [0.717, 1.165) is 111 Å². The normalized spacial score (nSPS) is 12.3. The Hall–Kier alpha value is -11.3. The Balaban J connectivity index is 0.858. The highest BCUT2D eigenvalue weighted by Gasteiger charge is 2.30. The van der Waals surface area contributed by atoms with Crippen LogP contribution in [0.2, 0.25) is 0 Å². The molecule has 0 saturated heterocycles. The highest BCUT2D eigenvalue weighted by Crippen LogP contribution is 2.53. The highest BCUT2D eigenvalue weighted by atomic mass is 16.3. The van der Waals surface area contributed by atoms with E-state index in [1.54, 1.807) is 0 Å². The number of aromatic nitrogens is 2. The third-order valence-corrected chi connectivity index (χ3v) is 18.6. The Kier molecular flexibility index (Phi) is 9.65. The van der Waals surface area contributed by atoms with Crippen LogP contribution in [-0.2, 0) is 0 Å². The Morgan fingerprint density at radius 1 is 0.256 bits per heavy atom. The van der Waals surface area contributed by atoms with Crippen LogP contribution < -0.4 is 9.80 Å². The average molecular weight is 1100 g/mol. The van der Waals surface area contributed by atoms with Gasteiger partial charge in [-0.1, -0.05) is 194 Å². The van der Waals surface area contributed by atoms with Gasteiger partial charge in [0, 0.05) is 76.0 Å². The van der Waals surface area contributed by atoms with Crippen LogP contribution in [0.25, 0.3) is 142 Å². The summed E-state index contributed by atoms with van der Waals surface area (Å²) in [7, 11) is 0. The maximum Gasteiger partial charge on any atom is 0.159 e. The molecule has 6 nitrogen and oxygen atoms in total. The summed E-state index contributed by atoms with van der Waals surface area (Å²) < 4.78 is 18.9. The summed E-state index contributed by atoms with van der Waals surface area (Å²) in [5, 5.41) is 14.0. The maximum atomic E-state index is 6.91. The molecule has 0 atom stereocenters. The summed E-state index contributed by atoms with van der Waals surface area (Å²) >= 11 is 0. The molecule has 0 bridgehead atoms. The first-order valence-electron chi connectivity index (χ1n) is 29.6. The molecule has 13 aromatic carbocycles. The molecule has 402 valence electrons. The van der Waals surface area contributed by atoms with Crippen LogP contribution in [0.5, 0.6) is 0 Å². The minimum atomic E-state index is 0.856. The molecule has 0 aliphatic rings. The quantitative estimate of drug-likeness (QED) is 0.152. The SMILES string of the molecule is Cc1ccc(-c2ccccc2)cc1N(c1cccc2c1oc1ccccc12)c1cccc2c1c1cccc3c4cc5c(cc4n2c31)c1cccc2c3c(N(c4cc(-c6ccccc6)ccc4C)c4cccc6c4oc4ccccc46)cccc3n5c12. The molecule has 19 aromatic rings. The van der Waals surface area contributed by atoms with Crippen molar-refractivity contribution in [3.05, 3.63) is 278 Å². The molecule has 0 aliphatic heterocycles. The molecule has 0 N–H and O–H groups in total. The number of para-hydroxylation sites is 6. The lowest BCUT2D eigenvalue weighted by atomic mass is 10.00. The molecule has 19 rings (SSSR count). The van der Waals surface area contributed by atoms with Crippen LogP contribution in [0.4, 0.5) is 34.1 Å². The Labute approximate surface area is 493 Å². The van der Waals surface area contributed by atoms with Crippen molar-refractivity contribution in [2.45, 2.75) is 13.8 Å². The number of rotatable bonds is 8. The highest BCUT2D eigenvalue weighted by molar-refractivity contribution is 6.31. The van der Waals surface area contributed by atoms with Crippen LogP contribution in [0.1, 0.15) is 11.1 Å². The monoisotopic (exact) mass is 1100 g/mol. The number of furan rings is 2. The van der Waals surface area contributed by atoms with E-state index in [2.05, 4.69) is 299 Å². The molecule has 0 fully saturated rings. The van der Waals surface area contributed by atoms with Gasteiger partial charge in [-0.15, -0.1) is 0 Å². The Morgan fingerprint density at radius 2 is 0.628 bits per heavy atom. The average Bonchev–Trinajstić information content (AvgIpc) is 1.60. The van der Waals surface area contributed by atoms with Gasteiger partial charge >= 0.3 is 0 Å². The topological polar surface area (TPSA) is 41.6 Å². The molecule has 0 radical (unpaired) electrons. The summed E-state index contributed by atoms with van der Waals surface area (Å²) in [5.74, 6) is 0. The molecular weight excluding hydrogens is 1050 g/mol. The summed E-state index contributed by atoms with van der Waals surface area (Å²) in [4.78, 5) is 4.92. The zero-order valence-corrected chi connectivity index (χ0v) is 47.0. The number of nitrogens with zero attached hydrogens (tertiary/aromatic N) is 4. The number of benzene rings is 13. The zero-order valence-electron chi connectivity index (χ0n) is 47.0. The third-order valence-electron chi connectivity index (χ3n) is 18.6. The van der Waals surface area contributed by atoms with Crippen LogP contribution in [0, 0.1) is 13.8 Å². The van der Waals surface area contributed by atoms with E-state index in [1.165, 1.54) is 76.3 Å². The van der Waals surface area contributed by atoms with Crippen LogP contribution in [0.3, 0.4) is 0 Å². The van der Waals surface area contributed by atoms with Crippen LogP contribution in [-0.4, -0.2) is 8.80 Å². The maximum absolute atomic E-state index is 6.91. The molecule has 6 heteroatoms. The number of aryl methyl sites for hydroxylation is 2. The predicted octanol–water partition coefficient (Wildman–Crippen LogP) is 22.7. The van der Waals surface area contributed by atoms with Crippen molar-refractivity contribution in [2.24, 2.45) is 0 Å². The molecule has 86 heavy (non-hydrogen) atoms. The lowest BCUT2D eigenvalue weighted by Crippen LogP contribution is -2.12. The lowest BCUT2D eigenvalue weighted by Gasteiger charge is -2.28. The molecule has 0 spiro atoms. The second-order valence-electron chi connectivity index (χ2n) is 23.2. The Morgan fingerprint density at radius 3 is 1.09 bits per heavy atom. The standard InChI is InChI=1S/C80H50N4O2/c1-47-39-41-51(49-19-5-3-6-20-49)43-69(47)81(67-35-15-27-57-53-23-9-11-37-73(53)85-79(57)67)63-31-17-33-65-75(63)59-29-13-25-55-61-46-72-62(45-71(61)83(65)77(55)59)56-26-14-30-60-76-64(32-18-34-66(76)84(72)78(56)60)82(70-44-52(42-40-48(70)2)50-21-7-4-8-22-50)68-36-16-28-58-54-24-10-12-38-74(54)86-80(58)68/h3-46H,1-2H3. The van der Waals surface area contributed by atoms with Gasteiger partial charge < -0.3 is 27.4 Å². The fourth-order valence-electron chi connectivity index (χ4n) is 14.8. The molecular formula is C80H50N4O2. The first-order chi connectivity index (χ1) is 42.5. The predicted molar refractivity (Wildman–Crippen MR) is 360 cm³/mol.